The molecular formula is C11H10N2O2. The Morgan fingerprint density at radius 3 is 2.47 bits per heavy atom. The zero-order valence-corrected chi connectivity index (χ0v) is 8.19. The molecule has 0 aliphatic heterocycles. The number of aromatic nitrogens is 2. The molecule has 76 valence electrons. The second-order valence-electron chi connectivity index (χ2n) is 3.26. The van der Waals surface area contributed by atoms with E-state index in [0.29, 0.717) is 0 Å². The minimum Gasteiger partial charge on any atom is -0.478 e. The Kier molecular flexibility index (Phi) is 2.25. The topological polar surface area (TPSA) is 66.0 Å². The van der Waals surface area contributed by atoms with Gasteiger partial charge >= 0.3 is 5.97 Å². The quantitative estimate of drug-likeness (QED) is 0.783. The zero-order valence-electron chi connectivity index (χ0n) is 8.19. The number of rotatable bonds is 2. The third-order valence-electron chi connectivity index (χ3n) is 2.24. The van der Waals surface area contributed by atoms with Crippen LogP contribution in [0.3, 0.4) is 0 Å². The predicted molar refractivity (Wildman–Crippen MR) is 55.7 cm³/mol. The van der Waals surface area contributed by atoms with Crippen LogP contribution in [-0.4, -0.2) is 21.0 Å². The Hall–Kier alpha value is -2.10. The van der Waals surface area contributed by atoms with E-state index in [1.807, 2.05) is 6.92 Å². The molecule has 4 nitrogen and oxygen atoms in total. The highest BCUT2D eigenvalue weighted by Crippen LogP contribution is 2.19. The van der Waals surface area contributed by atoms with Crippen molar-refractivity contribution < 1.29 is 9.90 Å². The predicted octanol–water partition coefficient (Wildman–Crippen LogP) is 2.08. The van der Waals surface area contributed by atoms with Crippen LogP contribution >= 0.6 is 0 Å². The van der Waals surface area contributed by atoms with Gasteiger partial charge in [-0.15, -0.1) is 0 Å². The van der Waals surface area contributed by atoms with E-state index in [2.05, 4.69) is 9.97 Å². The number of carboxylic acid groups (broad SMARTS) is 1. The number of carboxylic acids is 1. The van der Waals surface area contributed by atoms with Crippen LogP contribution < -0.4 is 0 Å². The fourth-order valence-corrected chi connectivity index (χ4v) is 1.42. The monoisotopic (exact) mass is 202 g/mol. The van der Waals surface area contributed by atoms with Crippen molar-refractivity contribution in [2.24, 2.45) is 0 Å². The summed E-state index contributed by atoms with van der Waals surface area (Å²) in [5.41, 5.74) is 3.02. The fraction of sp³-hybridized carbons (Fsp3) is 0.0909. The number of H-pyrrole nitrogens is 1. The highest BCUT2D eigenvalue weighted by Gasteiger charge is 2.06. The third-order valence-corrected chi connectivity index (χ3v) is 2.24. The average Bonchev–Trinajstić information content (AvgIpc) is 2.65. The van der Waals surface area contributed by atoms with Crippen molar-refractivity contribution in [3.05, 3.63) is 41.9 Å². The van der Waals surface area contributed by atoms with Crippen LogP contribution in [0.4, 0.5) is 0 Å². The van der Waals surface area contributed by atoms with Gasteiger partial charge in [0.1, 0.15) is 0 Å². The molecule has 0 spiro atoms. The van der Waals surface area contributed by atoms with Gasteiger partial charge in [-0.05, 0) is 19.1 Å². The van der Waals surface area contributed by atoms with Crippen LogP contribution in [0, 0.1) is 6.92 Å². The van der Waals surface area contributed by atoms with Crippen LogP contribution in [0.5, 0.6) is 0 Å². The number of imidazole rings is 1. The lowest BCUT2D eigenvalue weighted by Crippen LogP contribution is -1.95. The second-order valence-corrected chi connectivity index (χ2v) is 3.26. The average molecular weight is 202 g/mol. The van der Waals surface area contributed by atoms with Crippen molar-refractivity contribution in [3.63, 3.8) is 0 Å². The molecule has 0 saturated carbocycles. The number of hydrogen-bond donors (Lipinski definition) is 2. The largest absolute Gasteiger partial charge is 0.478 e. The van der Waals surface area contributed by atoms with Crippen LogP contribution in [0.1, 0.15) is 16.1 Å². The van der Waals surface area contributed by atoms with Gasteiger partial charge in [-0.25, -0.2) is 9.78 Å². The Labute approximate surface area is 86.6 Å². The first-order valence-corrected chi connectivity index (χ1v) is 4.52. The minimum atomic E-state index is -0.916. The molecule has 1 heterocycles. The molecule has 0 amide bonds. The number of nitrogens with zero attached hydrogens (tertiary/aromatic N) is 1. The van der Waals surface area contributed by atoms with Crippen molar-refractivity contribution in [2.75, 3.05) is 0 Å². The van der Waals surface area contributed by atoms with Crippen molar-refractivity contribution in [3.8, 4) is 11.3 Å². The van der Waals surface area contributed by atoms with Gasteiger partial charge in [0.05, 0.1) is 17.6 Å². The molecule has 1 aromatic heterocycles. The highest BCUT2D eigenvalue weighted by molar-refractivity contribution is 5.88. The van der Waals surface area contributed by atoms with Crippen molar-refractivity contribution in [2.45, 2.75) is 6.92 Å². The first-order chi connectivity index (χ1) is 7.18. The molecule has 0 aliphatic rings. The second kappa shape index (κ2) is 3.57. The molecule has 4 heteroatoms. The molecule has 1 aromatic carbocycles. The Bertz CT molecular complexity index is 486. The van der Waals surface area contributed by atoms with Crippen molar-refractivity contribution >= 4 is 5.97 Å². The van der Waals surface area contributed by atoms with Crippen LogP contribution in [-0.2, 0) is 0 Å². The normalized spacial score (nSPS) is 10.2. The Morgan fingerprint density at radius 2 is 2.00 bits per heavy atom. The van der Waals surface area contributed by atoms with Crippen molar-refractivity contribution in [1.29, 1.82) is 0 Å². The molecule has 2 N–H and O–H groups in total. The molecule has 0 aliphatic carbocycles. The summed E-state index contributed by atoms with van der Waals surface area (Å²) in [4.78, 5) is 17.8. The van der Waals surface area contributed by atoms with Gasteiger partial charge in [0.15, 0.2) is 0 Å². The summed E-state index contributed by atoms with van der Waals surface area (Å²) in [7, 11) is 0. The highest BCUT2D eigenvalue weighted by atomic mass is 16.4. The smallest absolute Gasteiger partial charge is 0.335 e. The maximum Gasteiger partial charge on any atom is 0.335 e. The fourth-order valence-electron chi connectivity index (χ4n) is 1.42. The van der Waals surface area contributed by atoms with Gasteiger partial charge in [-0.3, -0.25) is 0 Å². The van der Waals surface area contributed by atoms with Crippen LogP contribution in [0.15, 0.2) is 30.6 Å². The zero-order chi connectivity index (χ0) is 10.8. The van der Waals surface area contributed by atoms with Crippen LogP contribution in [0.25, 0.3) is 11.3 Å². The molecule has 15 heavy (non-hydrogen) atoms. The number of aryl methyl sites for hydroxylation is 1. The number of benzene rings is 1. The number of aromatic carboxylic acids is 1. The Morgan fingerprint density at radius 1 is 1.33 bits per heavy atom. The summed E-state index contributed by atoms with van der Waals surface area (Å²) in [5, 5.41) is 8.74. The first-order valence-electron chi connectivity index (χ1n) is 4.52. The van der Waals surface area contributed by atoms with E-state index in [4.69, 9.17) is 5.11 Å². The number of hydrogen-bond acceptors (Lipinski definition) is 2. The first kappa shape index (κ1) is 9.45. The van der Waals surface area contributed by atoms with Crippen molar-refractivity contribution in [1.82, 2.24) is 9.97 Å². The summed E-state index contributed by atoms with van der Waals surface area (Å²) < 4.78 is 0. The van der Waals surface area contributed by atoms with E-state index >= 15 is 0 Å². The van der Waals surface area contributed by atoms with E-state index in [9.17, 15) is 4.79 Å². The summed E-state index contributed by atoms with van der Waals surface area (Å²) in [6, 6.07) is 6.66. The SMILES string of the molecule is Cc1[nH]cnc1-c1ccc(C(=O)O)cc1. The molecule has 0 unspecified atom stereocenters. The van der Waals surface area contributed by atoms with E-state index in [-0.39, 0.29) is 5.56 Å². The molecule has 2 aromatic rings. The lowest BCUT2D eigenvalue weighted by molar-refractivity contribution is 0.0697. The number of aromatic amines is 1. The lowest BCUT2D eigenvalue weighted by atomic mass is 10.1. The van der Waals surface area contributed by atoms with Gasteiger partial charge < -0.3 is 10.1 Å². The molecular weight excluding hydrogens is 192 g/mol. The lowest BCUT2D eigenvalue weighted by Gasteiger charge is -1.99. The maximum absolute atomic E-state index is 10.6. The van der Waals surface area contributed by atoms with Gasteiger partial charge in [0, 0.05) is 11.3 Å². The molecule has 2 rings (SSSR count). The van der Waals surface area contributed by atoms with Gasteiger partial charge in [-0.2, -0.15) is 0 Å². The van der Waals surface area contributed by atoms with E-state index < -0.39 is 5.97 Å². The van der Waals surface area contributed by atoms with Crippen LogP contribution in [0.2, 0.25) is 0 Å². The van der Waals surface area contributed by atoms with Gasteiger partial charge in [-0.1, -0.05) is 12.1 Å². The summed E-state index contributed by atoms with van der Waals surface area (Å²) >= 11 is 0. The minimum absolute atomic E-state index is 0.284. The maximum atomic E-state index is 10.6. The molecule has 0 fully saturated rings. The van der Waals surface area contributed by atoms with E-state index in [1.165, 1.54) is 0 Å². The molecule has 0 radical (unpaired) electrons. The third kappa shape index (κ3) is 1.74. The van der Waals surface area contributed by atoms with E-state index in [1.54, 1.807) is 30.6 Å². The molecule has 0 saturated heterocycles. The number of carbonyl (C=O) groups is 1. The van der Waals surface area contributed by atoms with Gasteiger partial charge in [0.25, 0.3) is 0 Å². The molecule has 0 atom stereocenters. The molecule has 0 bridgehead atoms. The summed E-state index contributed by atoms with van der Waals surface area (Å²) in [6.45, 7) is 1.92. The number of nitrogens with one attached hydrogen (secondary N) is 1. The van der Waals surface area contributed by atoms with E-state index in [0.717, 1.165) is 17.0 Å². The summed E-state index contributed by atoms with van der Waals surface area (Å²) in [5.74, 6) is -0.916. The summed E-state index contributed by atoms with van der Waals surface area (Å²) in [6.07, 6.45) is 1.62. The van der Waals surface area contributed by atoms with Gasteiger partial charge in [0.2, 0.25) is 0 Å². The Balaban J connectivity index is 2.40. The standard InChI is InChI=1S/C11H10N2O2/c1-7-10(13-6-12-7)8-2-4-9(5-3-8)11(14)15/h2-6H,1H3,(H,12,13)(H,14,15).